The number of benzene rings is 1. The second-order valence-electron chi connectivity index (χ2n) is 18.0. The van der Waals surface area contributed by atoms with Crippen LogP contribution in [0.5, 0.6) is 0 Å². The normalized spacial score (nSPS) is 11.1. The Morgan fingerprint density at radius 3 is 0.655 bits per heavy atom. The van der Waals surface area contributed by atoms with Crippen LogP contribution < -0.4 is 0 Å². The molecule has 0 atom stereocenters. The standard InChI is InChI=1S/C56H98O2/c57-52-45-41-37-33-29-25-21-17-13-9-5-1-3-7-11-15-19-23-27-31-35-39-43-48-55-50-47-51-56(54-55)49-44-40-36-32-28-24-20-16-12-8-4-2-6-10-14-18-22-26-30-34-38-42-46-53-58/h47,50-51,54,57-58H,1-42,45-46,52-53H2. The van der Waals surface area contributed by atoms with Gasteiger partial charge < -0.3 is 10.2 Å². The molecule has 334 valence electrons. The van der Waals surface area contributed by atoms with Crippen LogP contribution in [0, 0.1) is 23.7 Å². The van der Waals surface area contributed by atoms with Crippen molar-refractivity contribution in [3.63, 3.8) is 0 Å². The average Bonchev–Trinajstić information content (AvgIpc) is 3.24. The smallest absolute Gasteiger partial charge is 0.0431 e. The van der Waals surface area contributed by atoms with Gasteiger partial charge in [0.2, 0.25) is 0 Å². The fourth-order valence-corrected chi connectivity index (χ4v) is 8.37. The molecule has 0 amide bonds. The highest BCUT2D eigenvalue weighted by Gasteiger charge is 1.98. The minimum atomic E-state index is 0.365. The number of unbranched alkanes of at least 4 members (excludes halogenated alkanes) is 42. The summed E-state index contributed by atoms with van der Waals surface area (Å²) in [5, 5.41) is 17.7. The molecule has 0 unspecified atom stereocenters. The van der Waals surface area contributed by atoms with E-state index >= 15 is 0 Å². The predicted octanol–water partition coefficient (Wildman–Crippen LogP) is 17.5. The van der Waals surface area contributed by atoms with E-state index in [4.69, 9.17) is 10.2 Å². The molecule has 2 N–H and O–H groups in total. The quantitative estimate of drug-likeness (QED) is 0.0510. The van der Waals surface area contributed by atoms with E-state index in [-0.39, 0.29) is 0 Å². The monoisotopic (exact) mass is 803 g/mol. The molecule has 1 aromatic rings. The topological polar surface area (TPSA) is 40.5 Å². The highest BCUT2D eigenvalue weighted by atomic mass is 16.3. The molecular weight excluding hydrogens is 705 g/mol. The maximum Gasteiger partial charge on any atom is 0.0431 e. The summed E-state index contributed by atoms with van der Waals surface area (Å²) >= 11 is 0. The third-order valence-electron chi connectivity index (χ3n) is 12.2. The van der Waals surface area contributed by atoms with Crippen LogP contribution in [-0.2, 0) is 0 Å². The highest BCUT2D eigenvalue weighted by molar-refractivity contribution is 5.43. The fourth-order valence-electron chi connectivity index (χ4n) is 8.37. The molecule has 0 saturated carbocycles. The zero-order valence-electron chi connectivity index (χ0n) is 38.7. The Morgan fingerprint density at radius 2 is 0.448 bits per heavy atom. The number of aliphatic hydroxyl groups is 2. The number of rotatable bonds is 44. The van der Waals surface area contributed by atoms with Gasteiger partial charge in [0.15, 0.2) is 0 Å². The first kappa shape index (κ1) is 54.3. The second-order valence-corrected chi connectivity index (χ2v) is 18.0. The Kier molecular flexibility index (Phi) is 44.9. The molecule has 0 aliphatic heterocycles. The maximum absolute atomic E-state index is 8.83. The summed E-state index contributed by atoms with van der Waals surface area (Å²) in [7, 11) is 0. The number of hydrogen-bond donors (Lipinski definition) is 2. The van der Waals surface area contributed by atoms with Gasteiger partial charge in [0.05, 0.1) is 0 Å². The molecular formula is C56H98O2. The van der Waals surface area contributed by atoms with Crippen LogP contribution in [-0.4, -0.2) is 23.4 Å². The molecule has 0 saturated heterocycles. The predicted molar refractivity (Wildman–Crippen MR) is 258 cm³/mol. The molecule has 0 aliphatic carbocycles. The summed E-state index contributed by atoms with van der Waals surface area (Å²) < 4.78 is 0. The molecule has 0 fully saturated rings. The van der Waals surface area contributed by atoms with Crippen molar-refractivity contribution < 1.29 is 10.2 Å². The van der Waals surface area contributed by atoms with Gasteiger partial charge in [-0.2, -0.15) is 0 Å². The summed E-state index contributed by atoms with van der Waals surface area (Å²) in [5.41, 5.74) is 2.22. The van der Waals surface area contributed by atoms with Crippen molar-refractivity contribution in [3.05, 3.63) is 35.4 Å². The lowest BCUT2D eigenvalue weighted by Crippen LogP contribution is -1.85. The lowest BCUT2D eigenvalue weighted by atomic mass is 10.0. The molecule has 58 heavy (non-hydrogen) atoms. The number of aliphatic hydroxyl groups excluding tert-OH is 2. The van der Waals surface area contributed by atoms with Crippen molar-refractivity contribution in [1.82, 2.24) is 0 Å². The van der Waals surface area contributed by atoms with Crippen LogP contribution in [0.2, 0.25) is 0 Å². The first-order valence-corrected chi connectivity index (χ1v) is 26.2. The van der Waals surface area contributed by atoms with Gasteiger partial charge >= 0.3 is 0 Å². The first-order valence-electron chi connectivity index (χ1n) is 26.2. The van der Waals surface area contributed by atoms with E-state index < -0.39 is 0 Å². The molecule has 2 nitrogen and oxygen atoms in total. The van der Waals surface area contributed by atoms with Crippen LogP contribution >= 0.6 is 0 Å². The van der Waals surface area contributed by atoms with Gasteiger partial charge in [-0.3, -0.25) is 0 Å². The Labute approximate surface area is 363 Å². The van der Waals surface area contributed by atoms with Crippen LogP contribution in [0.3, 0.4) is 0 Å². The van der Waals surface area contributed by atoms with E-state index in [1.165, 1.54) is 257 Å². The van der Waals surface area contributed by atoms with E-state index in [0.29, 0.717) is 13.2 Å². The van der Waals surface area contributed by atoms with Crippen molar-refractivity contribution in [2.75, 3.05) is 13.2 Å². The average molecular weight is 803 g/mol. The molecule has 0 bridgehead atoms. The van der Waals surface area contributed by atoms with Crippen molar-refractivity contribution in [3.8, 4) is 23.7 Å². The van der Waals surface area contributed by atoms with E-state index in [9.17, 15) is 0 Å². The van der Waals surface area contributed by atoms with Gasteiger partial charge in [0, 0.05) is 37.2 Å². The minimum Gasteiger partial charge on any atom is -0.396 e. The van der Waals surface area contributed by atoms with Crippen molar-refractivity contribution in [1.29, 1.82) is 0 Å². The van der Waals surface area contributed by atoms with Crippen molar-refractivity contribution >= 4 is 0 Å². The molecule has 0 aromatic heterocycles. The Bertz CT molecular complexity index is 988. The number of hydrogen-bond acceptors (Lipinski definition) is 2. The van der Waals surface area contributed by atoms with Crippen LogP contribution in [0.25, 0.3) is 0 Å². The third kappa shape index (κ3) is 42.4. The lowest BCUT2D eigenvalue weighted by Gasteiger charge is -2.04. The van der Waals surface area contributed by atoms with Gasteiger partial charge in [-0.25, -0.2) is 0 Å². The summed E-state index contributed by atoms with van der Waals surface area (Å²) in [6.07, 6.45) is 59.6. The van der Waals surface area contributed by atoms with Crippen LogP contribution in [0.4, 0.5) is 0 Å². The van der Waals surface area contributed by atoms with E-state index in [1.54, 1.807) is 0 Å². The Morgan fingerprint density at radius 1 is 0.259 bits per heavy atom. The van der Waals surface area contributed by atoms with Crippen molar-refractivity contribution in [2.24, 2.45) is 0 Å². The Balaban J connectivity index is 1.84. The molecule has 0 heterocycles. The van der Waals surface area contributed by atoms with Gasteiger partial charge in [-0.1, -0.05) is 274 Å². The van der Waals surface area contributed by atoms with Crippen LogP contribution in [0.1, 0.15) is 294 Å². The van der Waals surface area contributed by atoms with E-state index in [1.807, 2.05) is 0 Å². The van der Waals surface area contributed by atoms with Crippen LogP contribution in [0.15, 0.2) is 24.3 Å². The minimum absolute atomic E-state index is 0.365. The molecule has 0 aliphatic rings. The zero-order chi connectivity index (χ0) is 41.3. The third-order valence-corrected chi connectivity index (χ3v) is 12.2. The molecule has 0 spiro atoms. The molecule has 1 rings (SSSR count). The Hall–Kier alpha value is -1.74. The largest absolute Gasteiger partial charge is 0.396 e. The maximum atomic E-state index is 8.83. The second kappa shape index (κ2) is 47.9. The summed E-state index contributed by atoms with van der Waals surface area (Å²) in [4.78, 5) is 0. The SMILES string of the molecule is OCCCCCCCCCCCCCCCCCCCCCCCC#Cc1cccc(C#CCCCCCCCCCCCCCCCCCCCCCCCO)c1. The van der Waals surface area contributed by atoms with Gasteiger partial charge in [0.25, 0.3) is 0 Å². The zero-order valence-corrected chi connectivity index (χ0v) is 38.7. The van der Waals surface area contributed by atoms with E-state index in [0.717, 1.165) is 36.8 Å². The summed E-state index contributed by atoms with van der Waals surface area (Å²) in [6.45, 7) is 0.730. The van der Waals surface area contributed by atoms with Gasteiger partial charge in [-0.15, -0.1) is 0 Å². The van der Waals surface area contributed by atoms with E-state index in [2.05, 4.69) is 47.9 Å². The molecule has 2 heteroatoms. The highest BCUT2D eigenvalue weighted by Crippen LogP contribution is 2.17. The van der Waals surface area contributed by atoms with Gasteiger partial charge in [0.1, 0.15) is 0 Å². The summed E-state index contributed by atoms with van der Waals surface area (Å²) in [5.74, 6) is 13.6. The molecule has 0 radical (unpaired) electrons. The first-order chi connectivity index (χ1) is 28.9. The lowest BCUT2D eigenvalue weighted by molar-refractivity contribution is 0.282. The van der Waals surface area contributed by atoms with Gasteiger partial charge in [-0.05, 0) is 43.9 Å². The summed E-state index contributed by atoms with van der Waals surface area (Å²) in [6, 6.07) is 8.53. The molecule has 1 aromatic carbocycles. The fraction of sp³-hybridized carbons (Fsp3) is 0.821. The van der Waals surface area contributed by atoms with Crippen molar-refractivity contribution in [2.45, 2.75) is 283 Å².